The SMILES string of the molecule is O=C(O)CC(CC(=O)O)(OC(=O)C(O)C(O)C(=O)O)C(=O)O. The van der Waals surface area contributed by atoms with Crippen molar-refractivity contribution in [3.8, 4) is 0 Å². The maximum absolute atomic E-state index is 11.4. The van der Waals surface area contributed by atoms with Gasteiger partial charge in [-0.1, -0.05) is 0 Å². The fourth-order valence-corrected chi connectivity index (χ4v) is 1.33. The summed E-state index contributed by atoms with van der Waals surface area (Å²) in [6, 6.07) is 0. The van der Waals surface area contributed by atoms with Crippen LogP contribution in [0.15, 0.2) is 0 Å². The van der Waals surface area contributed by atoms with Gasteiger partial charge >= 0.3 is 29.8 Å². The van der Waals surface area contributed by atoms with Crippen LogP contribution in [0.3, 0.4) is 0 Å². The van der Waals surface area contributed by atoms with Crippen LogP contribution in [0.4, 0.5) is 0 Å². The van der Waals surface area contributed by atoms with Crippen LogP contribution in [0.2, 0.25) is 0 Å². The van der Waals surface area contributed by atoms with E-state index in [1.807, 2.05) is 0 Å². The minimum absolute atomic E-state index is 1.46. The zero-order valence-corrected chi connectivity index (χ0v) is 10.7. The van der Waals surface area contributed by atoms with Gasteiger partial charge in [-0.15, -0.1) is 0 Å². The highest BCUT2D eigenvalue weighted by Gasteiger charge is 2.49. The number of hydrogen-bond acceptors (Lipinski definition) is 8. The third-order valence-electron chi connectivity index (χ3n) is 2.35. The molecular formula is C10H12O12. The zero-order valence-electron chi connectivity index (χ0n) is 10.7. The van der Waals surface area contributed by atoms with Crippen molar-refractivity contribution in [1.82, 2.24) is 0 Å². The summed E-state index contributed by atoms with van der Waals surface area (Å²) < 4.78 is 4.18. The molecule has 0 aliphatic carbocycles. The largest absolute Gasteiger partial charge is 0.481 e. The molecule has 0 aromatic rings. The second kappa shape index (κ2) is 7.33. The molecule has 0 bridgehead atoms. The molecule has 0 fully saturated rings. The number of carboxylic acid groups (broad SMARTS) is 4. The molecule has 0 aromatic heterocycles. The molecule has 12 heteroatoms. The quantitative estimate of drug-likeness (QED) is 0.235. The summed E-state index contributed by atoms with van der Waals surface area (Å²) in [5.41, 5.74) is -3.08. The number of esters is 1. The maximum Gasteiger partial charge on any atom is 0.349 e. The van der Waals surface area contributed by atoms with E-state index in [1.165, 1.54) is 0 Å². The Balaban J connectivity index is 5.47. The molecule has 0 heterocycles. The molecule has 12 nitrogen and oxygen atoms in total. The Morgan fingerprint density at radius 1 is 0.818 bits per heavy atom. The minimum Gasteiger partial charge on any atom is -0.481 e. The van der Waals surface area contributed by atoms with E-state index in [4.69, 9.17) is 25.5 Å². The molecule has 0 radical (unpaired) electrons. The van der Waals surface area contributed by atoms with Gasteiger partial charge in [-0.3, -0.25) is 9.59 Å². The van der Waals surface area contributed by atoms with Gasteiger partial charge in [0.2, 0.25) is 5.60 Å². The van der Waals surface area contributed by atoms with Gasteiger partial charge < -0.3 is 35.4 Å². The molecule has 2 atom stereocenters. The number of hydrogen-bond donors (Lipinski definition) is 6. The minimum atomic E-state index is -3.08. The number of aliphatic hydroxyl groups is 2. The van der Waals surface area contributed by atoms with E-state index < -0.39 is 60.5 Å². The fourth-order valence-electron chi connectivity index (χ4n) is 1.33. The standard InChI is InChI=1S/C10H12O12/c11-3(12)1-10(9(20)21,2-4(13)14)22-8(19)6(16)5(15)7(17)18/h5-6,15-16H,1-2H2,(H,11,12)(H,13,14)(H,17,18)(H,20,21). The van der Waals surface area contributed by atoms with Crippen LogP contribution < -0.4 is 0 Å². The van der Waals surface area contributed by atoms with Gasteiger partial charge in [0.15, 0.2) is 12.2 Å². The molecule has 0 saturated heterocycles. The van der Waals surface area contributed by atoms with Gasteiger partial charge in [-0.2, -0.15) is 0 Å². The number of carboxylic acids is 4. The second-order valence-corrected chi connectivity index (χ2v) is 4.09. The molecule has 0 aromatic carbocycles. The average molecular weight is 324 g/mol. The van der Waals surface area contributed by atoms with Gasteiger partial charge in [0.05, 0.1) is 12.8 Å². The van der Waals surface area contributed by atoms with Gasteiger partial charge in [0, 0.05) is 0 Å². The molecule has 22 heavy (non-hydrogen) atoms. The molecule has 0 saturated carbocycles. The van der Waals surface area contributed by atoms with Crippen LogP contribution in [0.1, 0.15) is 12.8 Å². The highest BCUT2D eigenvalue weighted by atomic mass is 16.6. The highest BCUT2D eigenvalue weighted by Crippen LogP contribution is 2.23. The molecule has 0 spiro atoms. The van der Waals surface area contributed by atoms with Crippen molar-refractivity contribution in [2.45, 2.75) is 30.7 Å². The summed E-state index contributed by atoms with van der Waals surface area (Å²) in [5, 5.41) is 52.6. The van der Waals surface area contributed by atoms with E-state index in [2.05, 4.69) is 4.74 Å². The summed E-state index contributed by atoms with van der Waals surface area (Å²) in [7, 11) is 0. The number of aliphatic carboxylic acids is 4. The lowest BCUT2D eigenvalue weighted by molar-refractivity contribution is -0.195. The molecule has 0 rings (SSSR count). The number of carbonyl (C=O) groups is 5. The Bertz CT molecular complexity index is 478. The first-order valence-electron chi connectivity index (χ1n) is 5.41. The van der Waals surface area contributed by atoms with Crippen LogP contribution >= 0.6 is 0 Å². The Hall–Kier alpha value is -2.73. The van der Waals surface area contributed by atoms with Crippen LogP contribution in [-0.2, 0) is 28.7 Å². The molecular weight excluding hydrogens is 312 g/mol. The van der Waals surface area contributed by atoms with Crippen molar-refractivity contribution in [2.75, 3.05) is 0 Å². The molecule has 0 aliphatic rings. The summed E-state index contributed by atoms with van der Waals surface area (Å²) in [6.07, 6.45) is -8.33. The van der Waals surface area contributed by atoms with E-state index in [9.17, 15) is 29.1 Å². The van der Waals surface area contributed by atoms with Crippen molar-refractivity contribution in [3.05, 3.63) is 0 Å². The van der Waals surface area contributed by atoms with Crippen molar-refractivity contribution in [1.29, 1.82) is 0 Å². The normalized spacial score (nSPS) is 13.7. The predicted molar refractivity (Wildman–Crippen MR) is 60.6 cm³/mol. The lowest BCUT2D eigenvalue weighted by atomic mass is 9.95. The van der Waals surface area contributed by atoms with Crippen LogP contribution in [0, 0.1) is 0 Å². The first kappa shape index (κ1) is 19.3. The fraction of sp³-hybridized carbons (Fsp3) is 0.500. The lowest BCUT2D eigenvalue weighted by Crippen LogP contribution is -2.51. The van der Waals surface area contributed by atoms with Gasteiger partial charge in [0.25, 0.3) is 0 Å². The van der Waals surface area contributed by atoms with E-state index in [0.717, 1.165) is 0 Å². The monoisotopic (exact) mass is 324 g/mol. The zero-order chi connectivity index (χ0) is 17.7. The van der Waals surface area contributed by atoms with Crippen molar-refractivity contribution < 1.29 is 59.3 Å². The number of aliphatic hydroxyl groups excluding tert-OH is 2. The topological polar surface area (TPSA) is 216 Å². The lowest BCUT2D eigenvalue weighted by Gasteiger charge is -2.27. The molecule has 2 unspecified atom stereocenters. The van der Waals surface area contributed by atoms with E-state index in [1.54, 1.807) is 0 Å². The van der Waals surface area contributed by atoms with Crippen LogP contribution in [0.25, 0.3) is 0 Å². The number of rotatable bonds is 9. The number of carbonyl (C=O) groups excluding carboxylic acids is 1. The van der Waals surface area contributed by atoms with Crippen LogP contribution in [0.5, 0.6) is 0 Å². The second-order valence-electron chi connectivity index (χ2n) is 4.09. The maximum atomic E-state index is 11.4. The van der Waals surface area contributed by atoms with Crippen molar-refractivity contribution in [3.63, 3.8) is 0 Å². The first-order valence-corrected chi connectivity index (χ1v) is 5.41. The summed E-state index contributed by atoms with van der Waals surface area (Å²) in [6.45, 7) is 0. The smallest absolute Gasteiger partial charge is 0.349 e. The summed E-state index contributed by atoms with van der Waals surface area (Å²) >= 11 is 0. The Morgan fingerprint density at radius 3 is 1.50 bits per heavy atom. The summed E-state index contributed by atoms with van der Waals surface area (Å²) in [5.74, 6) is -9.83. The first-order chi connectivity index (χ1) is 9.92. The Kier molecular flexibility index (Phi) is 6.42. The molecule has 0 aliphatic heterocycles. The van der Waals surface area contributed by atoms with Crippen molar-refractivity contribution >= 4 is 29.8 Å². The number of ether oxygens (including phenoxy) is 1. The highest BCUT2D eigenvalue weighted by molar-refractivity contribution is 5.92. The molecule has 6 N–H and O–H groups in total. The van der Waals surface area contributed by atoms with Crippen molar-refractivity contribution in [2.24, 2.45) is 0 Å². The van der Waals surface area contributed by atoms with Gasteiger partial charge in [-0.25, -0.2) is 14.4 Å². The van der Waals surface area contributed by atoms with E-state index >= 15 is 0 Å². The predicted octanol–water partition coefficient (Wildman–Crippen LogP) is -2.89. The Labute approximate surface area is 121 Å². The van der Waals surface area contributed by atoms with E-state index in [0.29, 0.717) is 0 Å². The molecule has 124 valence electrons. The van der Waals surface area contributed by atoms with Gasteiger partial charge in [0.1, 0.15) is 0 Å². The van der Waals surface area contributed by atoms with Gasteiger partial charge in [-0.05, 0) is 0 Å². The summed E-state index contributed by atoms with van der Waals surface area (Å²) in [4.78, 5) is 54.2. The molecule has 0 amide bonds. The average Bonchev–Trinajstić information content (AvgIpc) is 2.34. The third-order valence-corrected chi connectivity index (χ3v) is 2.35. The third kappa shape index (κ3) is 4.99. The Morgan fingerprint density at radius 2 is 1.23 bits per heavy atom. The van der Waals surface area contributed by atoms with E-state index in [-0.39, 0.29) is 0 Å². The van der Waals surface area contributed by atoms with Crippen LogP contribution in [-0.4, -0.2) is 78.3 Å².